The van der Waals surface area contributed by atoms with Gasteiger partial charge in [0.1, 0.15) is 12.0 Å². The number of hydrogen-bond donors (Lipinski definition) is 0. The van der Waals surface area contributed by atoms with Crippen molar-refractivity contribution < 1.29 is 9.53 Å². The van der Waals surface area contributed by atoms with Crippen molar-refractivity contribution in [3.8, 4) is 5.75 Å². The Kier molecular flexibility index (Phi) is 1.82. The Morgan fingerprint density at radius 2 is 2.25 bits per heavy atom. The lowest BCUT2D eigenvalue weighted by molar-refractivity contribution is -0.112. The molecule has 2 rings (SSSR count). The number of rotatable bonds is 1. The van der Waals surface area contributed by atoms with Crippen molar-refractivity contribution in [2.45, 2.75) is 6.42 Å². The topological polar surface area (TPSA) is 26.3 Å². The Balaban J connectivity index is 2.28. The van der Waals surface area contributed by atoms with E-state index >= 15 is 0 Å². The van der Waals surface area contributed by atoms with Crippen LogP contribution in [0, 0.1) is 5.92 Å². The highest BCUT2D eigenvalue weighted by atomic mass is 16.5. The first-order chi connectivity index (χ1) is 5.90. The van der Waals surface area contributed by atoms with Gasteiger partial charge in [-0.15, -0.1) is 0 Å². The molecule has 0 unspecified atom stereocenters. The second-order valence-corrected chi connectivity index (χ2v) is 3.02. The number of carbonyl (C=O) groups excluding carboxylic acids is 1. The predicted molar refractivity (Wildman–Crippen MR) is 45.2 cm³/mol. The highest BCUT2D eigenvalue weighted by Gasteiger charge is 2.17. The number of ether oxygens (including phenoxy) is 1. The molecule has 0 amide bonds. The van der Waals surface area contributed by atoms with E-state index in [0.717, 1.165) is 24.0 Å². The molecule has 1 atom stereocenters. The molecule has 2 heteroatoms. The van der Waals surface area contributed by atoms with Gasteiger partial charge in [0, 0.05) is 0 Å². The van der Waals surface area contributed by atoms with Crippen LogP contribution in [0.4, 0.5) is 0 Å². The van der Waals surface area contributed by atoms with Crippen LogP contribution in [0.1, 0.15) is 5.56 Å². The molecule has 2 nitrogen and oxygen atoms in total. The minimum atomic E-state index is 0.0416. The first-order valence-electron chi connectivity index (χ1n) is 4.06. The third kappa shape index (κ3) is 1.20. The Labute approximate surface area is 71.2 Å². The zero-order valence-corrected chi connectivity index (χ0v) is 6.69. The molecule has 62 valence electrons. The molecule has 1 aliphatic heterocycles. The molecule has 1 aliphatic rings. The first kappa shape index (κ1) is 7.35. The minimum absolute atomic E-state index is 0.0416. The lowest BCUT2D eigenvalue weighted by atomic mass is 9.98. The second kappa shape index (κ2) is 2.97. The van der Waals surface area contributed by atoms with E-state index in [0.29, 0.717) is 6.61 Å². The summed E-state index contributed by atoms with van der Waals surface area (Å²) in [7, 11) is 0. The Morgan fingerprint density at radius 3 is 3.08 bits per heavy atom. The number of aldehydes is 1. The SMILES string of the molecule is O=C[C@@H]1COc2ccccc2C1. The van der Waals surface area contributed by atoms with E-state index in [1.165, 1.54) is 0 Å². The molecule has 12 heavy (non-hydrogen) atoms. The molecular formula is C10H10O2. The van der Waals surface area contributed by atoms with Crippen molar-refractivity contribution in [1.82, 2.24) is 0 Å². The van der Waals surface area contributed by atoms with Gasteiger partial charge in [0.2, 0.25) is 0 Å². The van der Waals surface area contributed by atoms with Crippen LogP contribution < -0.4 is 4.74 Å². The van der Waals surface area contributed by atoms with E-state index in [9.17, 15) is 4.79 Å². The quantitative estimate of drug-likeness (QED) is 0.584. The van der Waals surface area contributed by atoms with Crippen LogP contribution >= 0.6 is 0 Å². The molecule has 0 saturated heterocycles. The summed E-state index contributed by atoms with van der Waals surface area (Å²) in [6.45, 7) is 0.528. The lowest BCUT2D eigenvalue weighted by Crippen LogP contribution is -2.21. The molecule has 0 saturated carbocycles. The average Bonchev–Trinajstić information content (AvgIpc) is 2.17. The summed E-state index contributed by atoms with van der Waals surface area (Å²) in [6.07, 6.45) is 1.79. The van der Waals surface area contributed by atoms with Gasteiger partial charge in [-0.05, 0) is 18.1 Å². The smallest absolute Gasteiger partial charge is 0.126 e. The van der Waals surface area contributed by atoms with Gasteiger partial charge in [0.25, 0.3) is 0 Å². The fraction of sp³-hybridized carbons (Fsp3) is 0.300. The normalized spacial score (nSPS) is 20.8. The maximum absolute atomic E-state index is 10.5. The maximum atomic E-state index is 10.5. The first-order valence-corrected chi connectivity index (χ1v) is 4.06. The zero-order valence-electron chi connectivity index (χ0n) is 6.69. The number of fused-ring (bicyclic) bond motifs is 1. The summed E-state index contributed by atoms with van der Waals surface area (Å²) in [5, 5.41) is 0. The fourth-order valence-corrected chi connectivity index (χ4v) is 1.44. The Hall–Kier alpha value is -1.31. The summed E-state index contributed by atoms with van der Waals surface area (Å²) in [5.74, 6) is 0.968. The van der Waals surface area contributed by atoms with E-state index in [2.05, 4.69) is 0 Å². The van der Waals surface area contributed by atoms with Crippen molar-refractivity contribution in [3.05, 3.63) is 29.8 Å². The highest BCUT2D eigenvalue weighted by Crippen LogP contribution is 2.25. The van der Waals surface area contributed by atoms with E-state index in [1.54, 1.807) is 0 Å². The molecular weight excluding hydrogens is 152 g/mol. The van der Waals surface area contributed by atoms with Gasteiger partial charge >= 0.3 is 0 Å². The molecule has 1 aromatic carbocycles. The molecule has 0 spiro atoms. The van der Waals surface area contributed by atoms with Gasteiger partial charge in [-0.1, -0.05) is 18.2 Å². The predicted octanol–water partition coefficient (Wildman–Crippen LogP) is 1.44. The van der Waals surface area contributed by atoms with Crippen molar-refractivity contribution in [1.29, 1.82) is 0 Å². The number of para-hydroxylation sites is 1. The van der Waals surface area contributed by atoms with Gasteiger partial charge in [-0.25, -0.2) is 0 Å². The molecule has 1 aromatic rings. The Bertz CT molecular complexity index is 294. The summed E-state index contributed by atoms with van der Waals surface area (Å²) in [6, 6.07) is 7.86. The average molecular weight is 162 g/mol. The second-order valence-electron chi connectivity index (χ2n) is 3.02. The van der Waals surface area contributed by atoms with Crippen LogP contribution in [-0.4, -0.2) is 12.9 Å². The van der Waals surface area contributed by atoms with Crippen molar-refractivity contribution in [2.75, 3.05) is 6.61 Å². The maximum Gasteiger partial charge on any atom is 0.126 e. The van der Waals surface area contributed by atoms with E-state index in [-0.39, 0.29) is 5.92 Å². The molecule has 0 N–H and O–H groups in total. The van der Waals surface area contributed by atoms with Crippen LogP contribution in [0.25, 0.3) is 0 Å². The van der Waals surface area contributed by atoms with Gasteiger partial charge < -0.3 is 9.53 Å². The molecule has 1 heterocycles. The third-order valence-electron chi connectivity index (χ3n) is 2.10. The van der Waals surface area contributed by atoms with Crippen LogP contribution in [-0.2, 0) is 11.2 Å². The number of hydrogen-bond acceptors (Lipinski definition) is 2. The van der Waals surface area contributed by atoms with Crippen molar-refractivity contribution in [2.24, 2.45) is 5.92 Å². The van der Waals surface area contributed by atoms with Gasteiger partial charge in [-0.3, -0.25) is 0 Å². The van der Waals surface area contributed by atoms with E-state index in [4.69, 9.17) is 4.74 Å². The molecule has 0 fully saturated rings. The van der Waals surface area contributed by atoms with Crippen molar-refractivity contribution in [3.63, 3.8) is 0 Å². The van der Waals surface area contributed by atoms with Gasteiger partial charge in [0.15, 0.2) is 0 Å². The Morgan fingerprint density at radius 1 is 1.42 bits per heavy atom. The van der Waals surface area contributed by atoms with Gasteiger partial charge in [0.05, 0.1) is 12.5 Å². The highest BCUT2D eigenvalue weighted by molar-refractivity contribution is 5.56. The van der Waals surface area contributed by atoms with Crippen LogP contribution in [0.3, 0.4) is 0 Å². The van der Waals surface area contributed by atoms with E-state index in [1.807, 2.05) is 24.3 Å². The molecule has 0 bridgehead atoms. The summed E-state index contributed by atoms with van der Waals surface area (Å²) >= 11 is 0. The van der Waals surface area contributed by atoms with Crippen LogP contribution in [0.5, 0.6) is 5.75 Å². The van der Waals surface area contributed by atoms with Crippen LogP contribution in [0.15, 0.2) is 24.3 Å². The number of carbonyl (C=O) groups is 1. The summed E-state index contributed by atoms with van der Waals surface area (Å²) in [5.41, 5.74) is 1.14. The monoisotopic (exact) mass is 162 g/mol. The largest absolute Gasteiger partial charge is 0.493 e. The summed E-state index contributed by atoms with van der Waals surface area (Å²) in [4.78, 5) is 10.5. The van der Waals surface area contributed by atoms with Crippen LogP contribution in [0.2, 0.25) is 0 Å². The third-order valence-corrected chi connectivity index (χ3v) is 2.10. The molecule has 0 radical (unpaired) electrons. The standard InChI is InChI=1S/C10H10O2/c11-6-8-5-9-3-1-2-4-10(9)12-7-8/h1-4,6,8H,5,7H2/t8-/m1/s1. The molecule has 0 aromatic heterocycles. The minimum Gasteiger partial charge on any atom is -0.493 e. The van der Waals surface area contributed by atoms with E-state index < -0.39 is 0 Å². The van der Waals surface area contributed by atoms with Gasteiger partial charge in [-0.2, -0.15) is 0 Å². The van der Waals surface area contributed by atoms with Crippen molar-refractivity contribution >= 4 is 6.29 Å². The summed E-state index contributed by atoms with van der Waals surface area (Å²) < 4.78 is 5.40. The zero-order chi connectivity index (χ0) is 8.39. The fourth-order valence-electron chi connectivity index (χ4n) is 1.44. The number of benzene rings is 1. The lowest BCUT2D eigenvalue weighted by Gasteiger charge is -2.20. The molecule has 0 aliphatic carbocycles.